The zero-order valence-electron chi connectivity index (χ0n) is 27.2. The van der Waals surface area contributed by atoms with Crippen LogP contribution >= 0.6 is 0 Å². The Labute approximate surface area is 246 Å². The van der Waals surface area contributed by atoms with Crippen LogP contribution in [0.25, 0.3) is 11.3 Å². The summed E-state index contributed by atoms with van der Waals surface area (Å²) in [6, 6.07) is 7.49. The molecule has 0 unspecified atom stereocenters. The van der Waals surface area contributed by atoms with Crippen molar-refractivity contribution in [1.29, 1.82) is 0 Å². The minimum atomic E-state index is -0.639. The van der Waals surface area contributed by atoms with Gasteiger partial charge in [-0.1, -0.05) is 61.8 Å². The molecule has 3 rings (SSSR count). The van der Waals surface area contributed by atoms with Gasteiger partial charge in [0.15, 0.2) is 0 Å². The summed E-state index contributed by atoms with van der Waals surface area (Å²) < 4.78 is 38.0. The number of imidazole rings is 1. The summed E-state index contributed by atoms with van der Waals surface area (Å²) in [6.45, 7) is 21.9. The third-order valence-corrected chi connectivity index (χ3v) is 6.21. The Kier molecular flexibility index (Phi) is 14.2. The number of aromatic nitrogens is 2. The van der Waals surface area contributed by atoms with Crippen molar-refractivity contribution in [3.8, 4) is 17.0 Å². The van der Waals surface area contributed by atoms with E-state index in [4.69, 9.17) is 4.74 Å². The number of benzene rings is 2. The predicted octanol–water partition coefficient (Wildman–Crippen LogP) is 8.95. The van der Waals surface area contributed by atoms with E-state index in [0.717, 1.165) is 23.6 Å². The molecule has 1 amide bonds. The van der Waals surface area contributed by atoms with E-state index >= 15 is 8.78 Å². The molecule has 0 aliphatic rings. The average Bonchev–Trinajstić information content (AvgIpc) is 3.31. The molecular weight excluding hydrogens is 520 g/mol. The quantitative estimate of drug-likeness (QED) is 0.279. The number of ether oxygens (including phenoxy) is 1. The molecule has 1 aromatic heterocycles. The van der Waals surface area contributed by atoms with E-state index in [2.05, 4.69) is 10.3 Å². The Morgan fingerprint density at radius 2 is 1.63 bits per heavy atom. The number of rotatable bonds is 9. The summed E-state index contributed by atoms with van der Waals surface area (Å²) in [5.74, 6) is -0.00228. The largest absolute Gasteiger partial charge is 0.491 e. The summed E-state index contributed by atoms with van der Waals surface area (Å²) in [5, 5.41) is 2.97. The van der Waals surface area contributed by atoms with Crippen LogP contribution < -0.4 is 10.1 Å². The predicted molar refractivity (Wildman–Crippen MR) is 167 cm³/mol. The van der Waals surface area contributed by atoms with Crippen LogP contribution in [0.2, 0.25) is 0 Å². The van der Waals surface area contributed by atoms with Gasteiger partial charge in [0.25, 0.3) is 5.91 Å². The monoisotopic (exact) mass is 571 g/mol. The van der Waals surface area contributed by atoms with Crippen molar-refractivity contribution < 1.29 is 18.3 Å². The van der Waals surface area contributed by atoms with Crippen LogP contribution in [-0.2, 0) is 18.9 Å². The number of nitrogens with one attached hydrogen (secondary N) is 1. The van der Waals surface area contributed by atoms with Gasteiger partial charge in [0.2, 0.25) is 0 Å². The molecule has 3 aromatic rings. The van der Waals surface area contributed by atoms with Gasteiger partial charge in [0.05, 0.1) is 11.8 Å². The van der Waals surface area contributed by atoms with E-state index in [1.54, 1.807) is 24.4 Å². The molecule has 0 spiro atoms. The molecule has 228 valence electrons. The van der Waals surface area contributed by atoms with Crippen LogP contribution in [0.15, 0.2) is 36.5 Å². The van der Waals surface area contributed by atoms with Gasteiger partial charge in [-0.05, 0) is 69.5 Å². The number of hydrogen-bond acceptors (Lipinski definition) is 3. The van der Waals surface area contributed by atoms with Crippen LogP contribution in [0, 0.1) is 18.6 Å². The molecule has 41 heavy (non-hydrogen) atoms. The maximum atomic E-state index is 15.2. The molecule has 0 bridgehead atoms. The maximum Gasteiger partial charge on any atom is 0.251 e. The average molecular weight is 572 g/mol. The molecule has 0 aliphatic carbocycles. The van der Waals surface area contributed by atoms with E-state index in [9.17, 15) is 4.79 Å². The van der Waals surface area contributed by atoms with Gasteiger partial charge in [-0.3, -0.25) is 4.79 Å². The van der Waals surface area contributed by atoms with Crippen molar-refractivity contribution in [1.82, 2.24) is 14.9 Å². The van der Waals surface area contributed by atoms with Crippen molar-refractivity contribution in [3.05, 3.63) is 70.7 Å². The van der Waals surface area contributed by atoms with E-state index in [-0.39, 0.29) is 29.4 Å². The molecule has 1 atom stereocenters. The van der Waals surface area contributed by atoms with Gasteiger partial charge in [-0.15, -0.1) is 0 Å². The molecule has 1 N–H and O–H groups in total. The van der Waals surface area contributed by atoms with E-state index in [1.807, 2.05) is 87.8 Å². The SMILES string of the molecule is CC.CC.CCC[C@H](Cc1c(F)cc(-c2cn(C)c(C(C)(C)C)n2)cc1F)NC(=O)c1ccc(OC(C)C)c(C)c1. The van der Waals surface area contributed by atoms with E-state index in [0.29, 0.717) is 23.2 Å². The summed E-state index contributed by atoms with van der Waals surface area (Å²) >= 11 is 0. The van der Waals surface area contributed by atoms with Gasteiger partial charge < -0.3 is 14.6 Å². The first-order chi connectivity index (χ1) is 19.3. The zero-order chi connectivity index (χ0) is 31.5. The van der Waals surface area contributed by atoms with E-state index in [1.165, 1.54) is 12.1 Å². The Bertz CT molecular complexity index is 1240. The fraction of sp³-hybridized carbons (Fsp3) is 0.529. The highest BCUT2D eigenvalue weighted by atomic mass is 19.1. The lowest BCUT2D eigenvalue weighted by Gasteiger charge is -2.20. The number of halogens is 2. The molecule has 5 nitrogen and oxygen atoms in total. The van der Waals surface area contributed by atoms with Gasteiger partial charge in [0, 0.05) is 41.4 Å². The lowest BCUT2D eigenvalue weighted by atomic mass is 9.96. The molecule has 1 heterocycles. The first kappa shape index (κ1) is 35.8. The van der Waals surface area contributed by atoms with Crippen molar-refractivity contribution in [2.75, 3.05) is 0 Å². The van der Waals surface area contributed by atoms with Gasteiger partial charge in [-0.2, -0.15) is 0 Å². The Hall–Kier alpha value is -3.22. The second kappa shape index (κ2) is 16.3. The minimum absolute atomic E-state index is 0.0294. The Balaban J connectivity index is 0.00000201. The molecule has 0 fully saturated rings. The first-order valence-corrected chi connectivity index (χ1v) is 14.9. The fourth-order valence-corrected chi connectivity index (χ4v) is 4.51. The van der Waals surface area contributed by atoms with Crippen molar-refractivity contribution >= 4 is 5.91 Å². The lowest BCUT2D eigenvalue weighted by molar-refractivity contribution is 0.0934. The molecule has 0 radical (unpaired) electrons. The highest BCUT2D eigenvalue weighted by Crippen LogP contribution is 2.29. The third-order valence-electron chi connectivity index (χ3n) is 6.21. The Morgan fingerprint density at radius 3 is 2.10 bits per heavy atom. The number of carbonyl (C=O) groups is 1. The van der Waals surface area contributed by atoms with Gasteiger partial charge >= 0.3 is 0 Å². The number of nitrogens with zero attached hydrogens (tertiary/aromatic N) is 2. The number of amides is 1. The molecular formula is C34H51F2N3O2. The fourth-order valence-electron chi connectivity index (χ4n) is 4.51. The second-order valence-electron chi connectivity index (χ2n) is 11.0. The van der Waals surface area contributed by atoms with Crippen molar-refractivity contribution in [3.63, 3.8) is 0 Å². The highest BCUT2D eigenvalue weighted by Gasteiger charge is 2.23. The molecule has 7 heteroatoms. The normalized spacial score (nSPS) is 11.7. The number of carbonyl (C=O) groups excluding carboxylic acids is 1. The molecule has 0 saturated carbocycles. The summed E-state index contributed by atoms with van der Waals surface area (Å²) in [7, 11) is 1.88. The zero-order valence-corrected chi connectivity index (χ0v) is 27.2. The number of hydrogen-bond donors (Lipinski definition) is 1. The van der Waals surface area contributed by atoms with Crippen LogP contribution in [0.1, 0.15) is 109 Å². The smallest absolute Gasteiger partial charge is 0.251 e. The van der Waals surface area contributed by atoms with Gasteiger partial charge in [0.1, 0.15) is 23.2 Å². The standard InChI is InChI=1S/C30H39F2N3O2.2C2H6/c1-9-10-22(33-28(36)20-11-12-27(19(4)13-20)37-18(2)3)16-23-24(31)14-21(15-25(23)32)26-17-35(8)29(34-26)30(5,6)7;2*1-2/h11-15,17-18,22H,9-10,16H2,1-8H3,(H,33,36);2*1-2H3/t22-;;/m1../s1. The maximum absolute atomic E-state index is 15.2. The molecule has 0 aliphatic heterocycles. The Morgan fingerprint density at radius 1 is 1.05 bits per heavy atom. The first-order valence-electron chi connectivity index (χ1n) is 14.9. The summed E-state index contributed by atoms with van der Waals surface area (Å²) in [4.78, 5) is 17.6. The summed E-state index contributed by atoms with van der Waals surface area (Å²) in [5.41, 5.74) is 2.01. The molecule has 2 aromatic carbocycles. The highest BCUT2D eigenvalue weighted by molar-refractivity contribution is 5.94. The minimum Gasteiger partial charge on any atom is -0.491 e. The van der Waals surface area contributed by atoms with Crippen LogP contribution in [0.3, 0.4) is 0 Å². The van der Waals surface area contributed by atoms with Crippen molar-refractivity contribution in [2.24, 2.45) is 7.05 Å². The topological polar surface area (TPSA) is 56.2 Å². The molecule has 0 saturated heterocycles. The van der Waals surface area contributed by atoms with Crippen molar-refractivity contribution in [2.45, 2.75) is 113 Å². The van der Waals surface area contributed by atoms with Crippen LogP contribution in [0.5, 0.6) is 5.75 Å². The third kappa shape index (κ3) is 9.98. The summed E-state index contributed by atoms with van der Waals surface area (Å²) in [6.07, 6.45) is 3.22. The lowest BCUT2D eigenvalue weighted by Crippen LogP contribution is -2.36. The number of aryl methyl sites for hydroxylation is 2. The van der Waals surface area contributed by atoms with E-state index < -0.39 is 17.7 Å². The van der Waals surface area contributed by atoms with Gasteiger partial charge in [-0.25, -0.2) is 13.8 Å². The van der Waals surface area contributed by atoms with Crippen LogP contribution in [-0.4, -0.2) is 27.6 Å². The van der Waals surface area contributed by atoms with Crippen LogP contribution in [0.4, 0.5) is 8.78 Å². The second-order valence-corrected chi connectivity index (χ2v) is 11.0.